The molecule has 0 aromatic heterocycles. The molecule has 0 unspecified atom stereocenters. The molecule has 0 saturated heterocycles. The van der Waals surface area contributed by atoms with E-state index in [2.05, 4.69) is 10.4 Å². The summed E-state index contributed by atoms with van der Waals surface area (Å²) in [7, 11) is -1.20. The lowest BCUT2D eigenvalue weighted by Gasteiger charge is -2.22. The molecule has 152 valence electrons. The Balaban J connectivity index is 2.53. The van der Waals surface area contributed by atoms with Crippen LogP contribution in [0, 0.1) is 0 Å². The van der Waals surface area contributed by atoms with Crippen LogP contribution in [0.1, 0.15) is 34.6 Å². The SMILES string of the molecule is CCOC(=O)[C@H](C)N[P@@](Oc1ccccc1)SCCNC(=O)OC(C)(C)C. The number of benzene rings is 1. The van der Waals surface area contributed by atoms with Crippen LogP contribution in [0.4, 0.5) is 4.79 Å². The summed E-state index contributed by atoms with van der Waals surface area (Å²) in [5.41, 5.74) is -0.531. The Kier molecular flexibility index (Phi) is 10.5. The number of hydrogen-bond donors (Lipinski definition) is 2. The third kappa shape index (κ3) is 11.1. The number of nitrogens with one attached hydrogen (secondary N) is 2. The summed E-state index contributed by atoms with van der Waals surface area (Å²) < 4.78 is 16.2. The van der Waals surface area contributed by atoms with Gasteiger partial charge in [0.2, 0.25) is 7.50 Å². The Morgan fingerprint density at radius 3 is 2.48 bits per heavy atom. The van der Waals surface area contributed by atoms with Crippen LogP contribution < -0.4 is 14.9 Å². The number of rotatable bonds is 10. The van der Waals surface area contributed by atoms with Gasteiger partial charge in [-0.25, -0.2) is 9.88 Å². The van der Waals surface area contributed by atoms with Crippen molar-refractivity contribution in [2.45, 2.75) is 46.3 Å². The van der Waals surface area contributed by atoms with Crippen LogP contribution in [0.5, 0.6) is 5.75 Å². The minimum atomic E-state index is -1.20. The van der Waals surface area contributed by atoms with Crippen LogP contribution in [0.3, 0.4) is 0 Å². The Bertz CT molecular complexity index is 583. The number of para-hydroxylation sites is 1. The van der Waals surface area contributed by atoms with Crippen molar-refractivity contribution in [1.29, 1.82) is 0 Å². The zero-order chi connectivity index (χ0) is 20.3. The molecule has 0 fully saturated rings. The van der Waals surface area contributed by atoms with Crippen LogP contribution in [-0.4, -0.2) is 42.6 Å². The van der Waals surface area contributed by atoms with Crippen LogP contribution in [0.2, 0.25) is 0 Å². The summed E-state index contributed by atoms with van der Waals surface area (Å²) in [5, 5.41) is 5.87. The number of amides is 1. The van der Waals surface area contributed by atoms with Gasteiger partial charge in [-0.05, 0) is 46.8 Å². The molecule has 0 aliphatic heterocycles. The molecule has 0 radical (unpaired) electrons. The van der Waals surface area contributed by atoms with Gasteiger partial charge in [-0.3, -0.25) is 4.79 Å². The van der Waals surface area contributed by atoms with Gasteiger partial charge in [0.1, 0.15) is 17.4 Å². The van der Waals surface area contributed by atoms with E-state index in [0.29, 0.717) is 24.7 Å². The number of carbonyl (C=O) groups excluding carboxylic acids is 2. The summed E-state index contributed by atoms with van der Waals surface area (Å²) in [4.78, 5) is 23.6. The van der Waals surface area contributed by atoms with Crippen molar-refractivity contribution < 1.29 is 23.6 Å². The number of alkyl carbamates (subject to hydrolysis) is 1. The van der Waals surface area contributed by atoms with E-state index >= 15 is 0 Å². The predicted octanol–water partition coefficient (Wildman–Crippen LogP) is 4.09. The van der Waals surface area contributed by atoms with E-state index in [4.69, 9.17) is 14.0 Å². The molecule has 1 amide bonds. The maximum absolute atomic E-state index is 11.9. The Morgan fingerprint density at radius 1 is 1.22 bits per heavy atom. The monoisotopic (exact) mass is 416 g/mol. The number of carbonyl (C=O) groups is 2. The molecule has 0 aliphatic rings. The Morgan fingerprint density at radius 2 is 1.89 bits per heavy atom. The van der Waals surface area contributed by atoms with Crippen molar-refractivity contribution in [1.82, 2.24) is 10.4 Å². The zero-order valence-electron chi connectivity index (χ0n) is 16.5. The molecule has 0 bridgehead atoms. The lowest BCUT2D eigenvalue weighted by Crippen LogP contribution is -2.34. The molecule has 2 N–H and O–H groups in total. The van der Waals surface area contributed by atoms with Crippen molar-refractivity contribution in [3.05, 3.63) is 30.3 Å². The zero-order valence-corrected chi connectivity index (χ0v) is 18.2. The standard InChI is InChI=1S/C18H29N2O5PS/c1-6-23-16(21)14(2)20-26(25-15-10-8-7-9-11-15)27-13-12-19-17(22)24-18(3,4)5/h7-11,14,20H,6,12-13H2,1-5H3,(H,19,22)/t14-,26-/m0/s1. The van der Waals surface area contributed by atoms with Gasteiger partial charge in [-0.15, -0.1) is 0 Å². The van der Waals surface area contributed by atoms with E-state index in [1.165, 1.54) is 11.4 Å². The van der Waals surface area contributed by atoms with Gasteiger partial charge in [-0.2, -0.15) is 0 Å². The molecule has 1 aromatic rings. The molecular weight excluding hydrogens is 387 g/mol. The van der Waals surface area contributed by atoms with Gasteiger partial charge in [0, 0.05) is 12.3 Å². The maximum atomic E-state index is 11.9. The summed E-state index contributed by atoms with van der Waals surface area (Å²) >= 11 is 1.49. The van der Waals surface area contributed by atoms with Gasteiger partial charge in [0.25, 0.3) is 0 Å². The number of ether oxygens (including phenoxy) is 2. The van der Waals surface area contributed by atoms with Crippen LogP contribution in [0.25, 0.3) is 0 Å². The fourth-order valence-corrected chi connectivity index (χ4v) is 4.90. The highest BCUT2D eigenvalue weighted by molar-refractivity contribution is 8.53. The van der Waals surface area contributed by atoms with Crippen LogP contribution in [0.15, 0.2) is 30.3 Å². The first-order valence-corrected chi connectivity index (χ1v) is 11.6. The third-order valence-corrected chi connectivity index (χ3v) is 6.24. The molecule has 1 aromatic carbocycles. The molecule has 0 heterocycles. The van der Waals surface area contributed by atoms with Crippen molar-refractivity contribution >= 4 is 30.9 Å². The van der Waals surface area contributed by atoms with Crippen LogP contribution in [-0.2, 0) is 14.3 Å². The first-order valence-electron chi connectivity index (χ1n) is 8.77. The largest absolute Gasteiger partial charge is 0.465 e. The van der Waals surface area contributed by atoms with E-state index in [1.54, 1.807) is 13.8 Å². The fraction of sp³-hybridized carbons (Fsp3) is 0.556. The second-order valence-corrected chi connectivity index (χ2v) is 9.92. The van der Waals surface area contributed by atoms with Gasteiger partial charge in [0.15, 0.2) is 0 Å². The lowest BCUT2D eigenvalue weighted by atomic mass is 10.2. The van der Waals surface area contributed by atoms with Crippen LogP contribution >= 0.6 is 18.9 Å². The molecule has 0 saturated carbocycles. The molecular formula is C18H29N2O5PS. The normalized spacial score (nSPS) is 13.4. The average Bonchev–Trinajstić information content (AvgIpc) is 2.58. The highest BCUT2D eigenvalue weighted by atomic mass is 32.7. The van der Waals surface area contributed by atoms with Crippen molar-refractivity contribution in [2.24, 2.45) is 0 Å². The Labute approximate surface area is 166 Å². The van der Waals surface area contributed by atoms with Gasteiger partial charge in [0.05, 0.1) is 6.61 Å². The number of esters is 1. The summed E-state index contributed by atoms with van der Waals surface area (Å²) in [6.07, 6.45) is -0.454. The second-order valence-electron chi connectivity index (χ2n) is 6.53. The van der Waals surface area contributed by atoms with Gasteiger partial charge < -0.3 is 19.3 Å². The van der Waals surface area contributed by atoms with Crippen molar-refractivity contribution in [3.63, 3.8) is 0 Å². The topological polar surface area (TPSA) is 85.9 Å². The molecule has 9 heteroatoms. The van der Waals surface area contributed by atoms with E-state index in [-0.39, 0.29) is 5.97 Å². The highest BCUT2D eigenvalue weighted by Gasteiger charge is 2.22. The predicted molar refractivity (Wildman–Crippen MR) is 110 cm³/mol. The van der Waals surface area contributed by atoms with E-state index < -0.39 is 25.2 Å². The van der Waals surface area contributed by atoms with Gasteiger partial charge >= 0.3 is 12.1 Å². The third-order valence-electron chi connectivity index (χ3n) is 2.85. The molecule has 7 nitrogen and oxygen atoms in total. The van der Waals surface area contributed by atoms with Crippen molar-refractivity contribution in [3.8, 4) is 5.75 Å². The second kappa shape index (κ2) is 12.1. The van der Waals surface area contributed by atoms with E-state index in [0.717, 1.165) is 0 Å². The first-order chi connectivity index (χ1) is 12.7. The summed E-state index contributed by atoms with van der Waals surface area (Å²) in [5.74, 6) is 0.981. The van der Waals surface area contributed by atoms with E-state index in [9.17, 15) is 9.59 Å². The molecule has 2 atom stereocenters. The molecule has 27 heavy (non-hydrogen) atoms. The minimum absolute atomic E-state index is 0.325. The molecule has 0 spiro atoms. The smallest absolute Gasteiger partial charge is 0.407 e. The number of hydrogen-bond acceptors (Lipinski definition) is 7. The van der Waals surface area contributed by atoms with Crippen molar-refractivity contribution in [2.75, 3.05) is 18.9 Å². The quantitative estimate of drug-likeness (QED) is 0.337. The fourth-order valence-electron chi connectivity index (χ4n) is 1.74. The highest BCUT2D eigenvalue weighted by Crippen LogP contribution is 2.47. The summed E-state index contributed by atoms with van der Waals surface area (Å²) in [6, 6.07) is 8.88. The van der Waals surface area contributed by atoms with Gasteiger partial charge in [-0.1, -0.05) is 29.6 Å². The maximum Gasteiger partial charge on any atom is 0.407 e. The average molecular weight is 416 g/mol. The molecule has 0 aliphatic carbocycles. The molecule has 1 rings (SSSR count). The minimum Gasteiger partial charge on any atom is -0.465 e. The summed E-state index contributed by atoms with van der Waals surface area (Å²) in [6.45, 7) is 9.70. The van der Waals surface area contributed by atoms with E-state index in [1.807, 2.05) is 51.1 Å². The first kappa shape index (κ1) is 23.5. The lowest BCUT2D eigenvalue weighted by molar-refractivity contribution is -0.144. The Hall–Kier alpha value is -1.50.